The zero-order chi connectivity index (χ0) is 14.4. The Morgan fingerprint density at radius 3 is 2.75 bits per heavy atom. The quantitative estimate of drug-likeness (QED) is 0.856. The lowest BCUT2D eigenvalue weighted by Crippen LogP contribution is -2.50. The normalized spacial score (nSPS) is 23.2. The molecule has 1 N–H and O–H groups in total. The highest BCUT2D eigenvalue weighted by Crippen LogP contribution is 2.24. The van der Waals surface area contributed by atoms with E-state index in [0.717, 1.165) is 12.1 Å². The van der Waals surface area contributed by atoms with Gasteiger partial charge in [-0.15, -0.1) is 0 Å². The standard InChI is InChI=1S/C17H27FN2/c1-3-12-19-16-10-6-7-11-17(16)20(2)13-14-8-4-5-9-15(14)18/h4-5,8-9,16-17,19H,3,6-7,10-13H2,1-2H3. The first-order chi connectivity index (χ1) is 9.72. The largest absolute Gasteiger partial charge is 0.312 e. The molecule has 1 aromatic rings. The molecule has 1 aromatic carbocycles. The smallest absolute Gasteiger partial charge is 0.127 e. The van der Waals surface area contributed by atoms with Gasteiger partial charge in [0.1, 0.15) is 5.82 Å². The molecular weight excluding hydrogens is 251 g/mol. The molecule has 0 saturated heterocycles. The predicted octanol–water partition coefficient (Wildman–Crippen LogP) is 3.57. The Bertz CT molecular complexity index is 408. The zero-order valence-electron chi connectivity index (χ0n) is 12.7. The number of hydrogen-bond acceptors (Lipinski definition) is 2. The van der Waals surface area contributed by atoms with Gasteiger partial charge in [-0.05, 0) is 38.9 Å². The van der Waals surface area contributed by atoms with Crippen molar-refractivity contribution in [3.8, 4) is 0 Å². The van der Waals surface area contributed by atoms with Gasteiger partial charge in [0.25, 0.3) is 0 Å². The van der Waals surface area contributed by atoms with Crippen LogP contribution in [0.15, 0.2) is 24.3 Å². The van der Waals surface area contributed by atoms with Crippen molar-refractivity contribution in [3.05, 3.63) is 35.6 Å². The third-order valence-corrected chi connectivity index (χ3v) is 4.33. The predicted molar refractivity (Wildman–Crippen MR) is 82.2 cm³/mol. The van der Waals surface area contributed by atoms with Crippen LogP contribution >= 0.6 is 0 Å². The fourth-order valence-electron chi connectivity index (χ4n) is 3.22. The van der Waals surface area contributed by atoms with Crippen LogP contribution in [0.2, 0.25) is 0 Å². The van der Waals surface area contributed by atoms with Crippen molar-refractivity contribution < 1.29 is 4.39 Å². The van der Waals surface area contributed by atoms with Gasteiger partial charge in [0, 0.05) is 24.2 Å². The van der Waals surface area contributed by atoms with Crippen LogP contribution in [0.25, 0.3) is 0 Å². The van der Waals surface area contributed by atoms with E-state index in [1.54, 1.807) is 12.1 Å². The summed E-state index contributed by atoms with van der Waals surface area (Å²) in [6.07, 6.45) is 6.22. The Kier molecular flexibility index (Phi) is 5.99. The molecule has 1 saturated carbocycles. The van der Waals surface area contributed by atoms with Gasteiger partial charge in [-0.25, -0.2) is 4.39 Å². The van der Waals surface area contributed by atoms with Crippen LogP contribution in [0.1, 0.15) is 44.6 Å². The van der Waals surface area contributed by atoms with Gasteiger partial charge < -0.3 is 5.32 Å². The highest BCUT2D eigenvalue weighted by Gasteiger charge is 2.27. The summed E-state index contributed by atoms with van der Waals surface area (Å²) in [7, 11) is 2.13. The fourth-order valence-corrected chi connectivity index (χ4v) is 3.22. The van der Waals surface area contributed by atoms with E-state index in [4.69, 9.17) is 0 Å². The molecule has 2 nitrogen and oxygen atoms in total. The molecule has 2 unspecified atom stereocenters. The number of nitrogens with one attached hydrogen (secondary N) is 1. The molecule has 0 amide bonds. The van der Waals surface area contributed by atoms with E-state index >= 15 is 0 Å². The highest BCUT2D eigenvalue weighted by molar-refractivity contribution is 5.17. The summed E-state index contributed by atoms with van der Waals surface area (Å²) in [5.74, 6) is -0.0896. The molecule has 1 fully saturated rings. The van der Waals surface area contributed by atoms with E-state index in [1.165, 1.54) is 32.1 Å². The SMILES string of the molecule is CCCNC1CCCCC1N(C)Cc1ccccc1F. The molecule has 1 aliphatic rings. The van der Waals surface area contributed by atoms with Crippen molar-refractivity contribution in [2.45, 2.75) is 57.7 Å². The van der Waals surface area contributed by atoms with Crippen LogP contribution in [0.3, 0.4) is 0 Å². The van der Waals surface area contributed by atoms with E-state index < -0.39 is 0 Å². The summed E-state index contributed by atoms with van der Waals surface area (Å²) in [4.78, 5) is 2.32. The fraction of sp³-hybridized carbons (Fsp3) is 0.647. The summed E-state index contributed by atoms with van der Waals surface area (Å²) in [5, 5.41) is 3.67. The number of halogens is 1. The van der Waals surface area contributed by atoms with E-state index in [9.17, 15) is 4.39 Å². The average Bonchev–Trinajstić information content (AvgIpc) is 2.47. The number of nitrogens with zero attached hydrogens (tertiary/aromatic N) is 1. The lowest BCUT2D eigenvalue weighted by molar-refractivity contribution is 0.142. The molecule has 0 aliphatic heterocycles. The molecule has 0 bridgehead atoms. The third kappa shape index (κ3) is 4.03. The second-order valence-electron chi connectivity index (χ2n) is 5.92. The van der Waals surface area contributed by atoms with Crippen molar-refractivity contribution in [1.29, 1.82) is 0 Å². The van der Waals surface area contributed by atoms with Crippen LogP contribution in [0.4, 0.5) is 4.39 Å². The van der Waals surface area contributed by atoms with Crippen LogP contribution in [0.5, 0.6) is 0 Å². The molecule has 3 heteroatoms. The van der Waals surface area contributed by atoms with Crippen LogP contribution in [0, 0.1) is 5.82 Å². The van der Waals surface area contributed by atoms with Gasteiger partial charge in [-0.3, -0.25) is 4.90 Å². The van der Waals surface area contributed by atoms with E-state index in [2.05, 4.69) is 24.2 Å². The lowest BCUT2D eigenvalue weighted by atomic mass is 9.89. The minimum Gasteiger partial charge on any atom is -0.312 e. The van der Waals surface area contributed by atoms with Gasteiger partial charge in [0.2, 0.25) is 0 Å². The molecule has 0 heterocycles. The first-order valence-electron chi connectivity index (χ1n) is 7.89. The number of hydrogen-bond donors (Lipinski definition) is 1. The number of benzene rings is 1. The van der Waals surface area contributed by atoms with Gasteiger partial charge in [0.15, 0.2) is 0 Å². The van der Waals surface area contributed by atoms with Crippen molar-refractivity contribution in [2.75, 3.05) is 13.6 Å². The van der Waals surface area contributed by atoms with Gasteiger partial charge >= 0.3 is 0 Å². The molecule has 2 atom stereocenters. The molecular formula is C17H27FN2. The molecule has 0 spiro atoms. The summed E-state index contributed by atoms with van der Waals surface area (Å²) in [6.45, 7) is 3.98. The summed E-state index contributed by atoms with van der Waals surface area (Å²) in [5.41, 5.74) is 0.801. The summed E-state index contributed by atoms with van der Waals surface area (Å²) < 4.78 is 13.8. The number of likely N-dealkylation sites (N-methyl/N-ethyl adjacent to an activating group) is 1. The molecule has 0 radical (unpaired) electrons. The molecule has 1 aliphatic carbocycles. The maximum absolute atomic E-state index is 13.8. The van der Waals surface area contributed by atoms with E-state index in [0.29, 0.717) is 18.6 Å². The van der Waals surface area contributed by atoms with Crippen LogP contribution < -0.4 is 5.32 Å². The van der Waals surface area contributed by atoms with Gasteiger partial charge in [0.05, 0.1) is 0 Å². The van der Waals surface area contributed by atoms with E-state index in [-0.39, 0.29) is 5.82 Å². The van der Waals surface area contributed by atoms with Gasteiger partial charge in [-0.2, -0.15) is 0 Å². The Hall–Kier alpha value is -0.930. The molecule has 112 valence electrons. The maximum Gasteiger partial charge on any atom is 0.127 e. The second-order valence-corrected chi connectivity index (χ2v) is 5.92. The molecule has 0 aromatic heterocycles. The van der Waals surface area contributed by atoms with Gasteiger partial charge in [-0.1, -0.05) is 38.0 Å². The van der Waals surface area contributed by atoms with Crippen molar-refractivity contribution in [3.63, 3.8) is 0 Å². The zero-order valence-corrected chi connectivity index (χ0v) is 12.7. The monoisotopic (exact) mass is 278 g/mol. The van der Waals surface area contributed by atoms with Crippen molar-refractivity contribution >= 4 is 0 Å². The molecule has 20 heavy (non-hydrogen) atoms. The maximum atomic E-state index is 13.8. The van der Waals surface area contributed by atoms with Crippen molar-refractivity contribution in [2.24, 2.45) is 0 Å². The van der Waals surface area contributed by atoms with Crippen LogP contribution in [-0.4, -0.2) is 30.6 Å². The first-order valence-corrected chi connectivity index (χ1v) is 7.89. The topological polar surface area (TPSA) is 15.3 Å². The van der Waals surface area contributed by atoms with E-state index in [1.807, 2.05) is 12.1 Å². The average molecular weight is 278 g/mol. The first kappa shape index (κ1) is 15.5. The second kappa shape index (κ2) is 7.75. The third-order valence-electron chi connectivity index (χ3n) is 4.33. The highest BCUT2D eigenvalue weighted by atomic mass is 19.1. The molecule has 2 rings (SSSR count). The number of rotatable bonds is 6. The Balaban J connectivity index is 1.98. The summed E-state index contributed by atoms with van der Waals surface area (Å²) >= 11 is 0. The van der Waals surface area contributed by atoms with Crippen LogP contribution in [-0.2, 0) is 6.54 Å². The Labute approximate surface area is 122 Å². The minimum atomic E-state index is -0.0896. The summed E-state index contributed by atoms with van der Waals surface area (Å²) in [6, 6.07) is 8.20. The Morgan fingerprint density at radius 1 is 1.25 bits per heavy atom. The Morgan fingerprint density at radius 2 is 2.00 bits per heavy atom. The van der Waals surface area contributed by atoms with Crippen molar-refractivity contribution in [1.82, 2.24) is 10.2 Å². The minimum absolute atomic E-state index is 0.0896. The lowest BCUT2D eigenvalue weighted by Gasteiger charge is -2.38.